The summed E-state index contributed by atoms with van der Waals surface area (Å²) < 4.78 is 14.5. The van der Waals surface area contributed by atoms with E-state index in [9.17, 15) is 9.36 Å². The summed E-state index contributed by atoms with van der Waals surface area (Å²) in [5, 5.41) is 0. The van der Waals surface area contributed by atoms with E-state index in [1.54, 1.807) is 0 Å². The van der Waals surface area contributed by atoms with Crippen LogP contribution in [0.3, 0.4) is 0 Å². The maximum absolute atomic E-state index is 10.1. The maximum atomic E-state index is 10.1. The van der Waals surface area contributed by atoms with Crippen LogP contribution in [0.1, 0.15) is 13.8 Å². The number of carbonyl (C=O) groups excluding carboxylic acids is 1. The number of hydrogen-bond donors (Lipinski definition) is 1. The summed E-state index contributed by atoms with van der Waals surface area (Å²) >= 11 is 0. The van der Waals surface area contributed by atoms with Gasteiger partial charge in [-0.1, -0.05) is 0 Å². The van der Waals surface area contributed by atoms with Gasteiger partial charge in [-0.25, -0.2) is 0 Å². The largest absolute Gasteiger partial charge is 0.453 e. The van der Waals surface area contributed by atoms with E-state index < -0.39 is 19.8 Å². The lowest BCUT2D eigenvalue weighted by Crippen LogP contribution is -2.07. The van der Waals surface area contributed by atoms with Crippen molar-refractivity contribution >= 4 is 14.0 Å². The molecule has 0 aromatic rings. The number of esters is 1. The Balaban J connectivity index is 3.63. The zero-order valence-electron chi connectivity index (χ0n) is 5.25. The molecule has 2 unspecified atom stereocenters. The summed E-state index contributed by atoms with van der Waals surface area (Å²) in [5.41, 5.74) is 0. The van der Waals surface area contributed by atoms with Crippen LogP contribution < -0.4 is 0 Å². The molecule has 0 aliphatic carbocycles. The van der Waals surface area contributed by atoms with Gasteiger partial charge in [0.1, 0.15) is 0 Å². The molecule has 0 saturated heterocycles. The van der Waals surface area contributed by atoms with Gasteiger partial charge < -0.3 is 9.63 Å². The quantitative estimate of drug-likeness (QED) is 0.458. The summed E-state index contributed by atoms with van der Waals surface area (Å²) in [6.07, 6.45) is 0. The summed E-state index contributed by atoms with van der Waals surface area (Å²) in [6.45, 7) is 2.57. The lowest BCUT2D eigenvalue weighted by atomic mass is 10.8. The van der Waals surface area contributed by atoms with E-state index in [0.29, 0.717) is 0 Å². The van der Waals surface area contributed by atoms with Crippen LogP contribution in [0.15, 0.2) is 0 Å². The number of ether oxygens (including phenoxy) is 1. The Morgan fingerprint density at radius 3 is 2.33 bits per heavy atom. The van der Waals surface area contributed by atoms with E-state index in [4.69, 9.17) is 4.89 Å². The summed E-state index contributed by atoms with van der Waals surface area (Å²) in [7, 11) is -2.70. The summed E-state index contributed by atoms with van der Waals surface area (Å²) in [6, 6.07) is 0. The maximum Gasteiger partial charge on any atom is 0.303 e. The predicted octanol–water partition coefficient (Wildman–Crippen LogP) is 0.362. The predicted molar refractivity (Wildman–Crippen MR) is 32.4 cm³/mol. The van der Waals surface area contributed by atoms with Crippen molar-refractivity contribution in [1.29, 1.82) is 0 Å². The van der Waals surface area contributed by atoms with Crippen molar-refractivity contribution in [2.75, 3.05) is 0 Å². The van der Waals surface area contributed by atoms with E-state index in [1.807, 2.05) is 0 Å². The fourth-order valence-electron chi connectivity index (χ4n) is 0.299. The molecule has 2 atom stereocenters. The molecule has 0 radical (unpaired) electrons. The first-order chi connectivity index (χ1) is 4.04. The van der Waals surface area contributed by atoms with Crippen LogP contribution in [0.25, 0.3) is 0 Å². The molecule has 0 spiro atoms. The van der Waals surface area contributed by atoms with Gasteiger partial charge in [0.2, 0.25) is 8.03 Å². The molecule has 0 amide bonds. The smallest absolute Gasteiger partial charge is 0.303 e. The van der Waals surface area contributed by atoms with E-state index in [1.165, 1.54) is 13.8 Å². The van der Waals surface area contributed by atoms with Gasteiger partial charge in [0, 0.05) is 6.92 Å². The average Bonchev–Trinajstić information content (AvgIpc) is 1.63. The molecule has 9 heavy (non-hydrogen) atoms. The van der Waals surface area contributed by atoms with E-state index >= 15 is 0 Å². The minimum absolute atomic E-state index is 0.532. The van der Waals surface area contributed by atoms with Crippen molar-refractivity contribution in [3.63, 3.8) is 0 Å². The van der Waals surface area contributed by atoms with Crippen molar-refractivity contribution < 1.29 is 19.0 Å². The highest BCUT2D eigenvalue weighted by Crippen LogP contribution is 2.22. The van der Waals surface area contributed by atoms with Gasteiger partial charge in [0.05, 0.1) is 0 Å². The molecule has 4 nitrogen and oxygen atoms in total. The van der Waals surface area contributed by atoms with Crippen molar-refractivity contribution in [1.82, 2.24) is 0 Å². The highest BCUT2D eigenvalue weighted by Gasteiger charge is 2.09. The number of rotatable bonds is 2. The van der Waals surface area contributed by atoms with Gasteiger partial charge in [-0.3, -0.25) is 9.36 Å². The van der Waals surface area contributed by atoms with Gasteiger partial charge in [0.25, 0.3) is 0 Å². The fraction of sp³-hybridized carbons (Fsp3) is 0.750. The number of hydrogen-bond acceptors (Lipinski definition) is 3. The molecule has 0 rings (SSSR count). The van der Waals surface area contributed by atoms with Gasteiger partial charge in [0.15, 0.2) is 5.85 Å². The lowest BCUT2D eigenvalue weighted by Gasteiger charge is -2.05. The monoisotopic (exact) mass is 152 g/mol. The van der Waals surface area contributed by atoms with E-state index in [2.05, 4.69) is 4.74 Å². The standard InChI is InChI=1S/C4H9O4P/c1-3(5)8-4(2)9(6)7/h4,9H,1-2H3,(H,6,7). The molecule has 0 aliphatic heterocycles. The Labute approximate surface area is 53.7 Å². The Bertz CT molecular complexity index is 133. The molecule has 54 valence electrons. The second-order valence-corrected chi connectivity index (χ2v) is 3.08. The lowest BCUT2D eigenvalue weighted by molar-refractivity contribution is -0.142. The minimum atomic E-state index is -2.70. The van der Waals surface area contributed by atoms with E-state index in [-0.39, 0.29) is 0 Å². The van der Waals surface area contributed by atoms with Crippen LogP contribution in [-0.4, -0.2) is 16.7 Å². The molecule has 0 fully saturated rings. The second-order valence-electron chi connectivity index (χ2n) is 1.59. The van der Waals surface area contributed by atoms with Crippen molar-refractivity contribution in [2.45, 2.75) is 19.7 Å². The third kappa shape index (κ3) is 4.18. The molecule has 0 aromatic heterocycles. The molecule has 5 heteroatoms. The van der Waals surface area contributed by atoms with Crippen molar-refractivity contribution in [3.8, 4) is 0 Å². The molecule has 0 saturated carbocycles. The Kier molecular flexibility index (Phi) is 3.50. The van der Waals surface area contributed by atoms with Gasteiger partial charge >= 0.3 is 5.97 Å². The van der Waals surface area contributed by atoms with Crippen LogP contribution in [0.4, 0.5) is 0 Å². The summed E-state index contributed by atoms with van der Waals surface area (Å²) in [4.78, 5) is 18.4. The van der Waals surface area contributed by atoms with Crippen LogP contribution in [0, 0.1) is 0 Å². The first-order valence-electron chi connectivity index (χ1n) is 2.44. The minimum Gasteiger partial charge on any atom is -0.453 e. The van der Waals surface area contributed by atoms with Crippen molar-refractivity contribution in [3.05, 3.63) is 0 Å². The highest BCUT2D eigenvalue weighted by molar-refractivity contribution is 7.38. The van der Waals surface area contributed by atoms with Crippen LogP contribution in [0.2, 0.25) is 0 Å². The Morgan fingerprint density at radius 1 is 1.78 bits per heavy atom. The average molecular weight is 152 g/mol. The van der Waals surface area contributed by atoms with Gasteiger partial charge in [-0.05, 0) is 6.92 Å². The zero-order chi connectivity index (χ0) is 7.44. The van der Waals surface area contributed by atoms with Gasteiger partial charge in [-0.15, -0.1) is 0 Å². The SMILES string of the molecule is CC(=O)OC(C)[PH](=O)O. The molecular formula is C4H9O4P. The Hall–Kier alpha value is -0.340. The topological polar surface area (TPSA) is 63.6 Å². The zero-order valence-corrected chi connectivity index (χ0v) is 6.25. The third-order valence-electron chi connectivity index (χ3n) is 0.691. The van der Waals surface area contributed by atoms with Crippen LogP contribution in [-0.2, 0) is 14.1 Å². The molecule has 0 aliphatic rings. The van der Waals surface area contributed by atoms with Crippen LogP contribution >= 0.6 is 8.03 Å². The first kappa shape index (κ1) is 8.66. The normalized spacial score (nSPS) is 16.3. The molecule has 0 heterocycles. The fourth-order valence-corrected chi connectivity index (χ4v) is 0.566. The highest BCUT2D eigenvalue weighted by atomic mass is 31.1. The first-order valence-corrected chi connectivity index (χ1v) is 3.87. The van der Waals surface area contributed by atoms with Crippen LogP contribution in [0.5, 0.6) is 0 Å². The molecule has 1 N–H and O–H groups in total. The molecule has 0 bridgehead atoms. The summed E-state index contributed by atoms with van der Waals surface area (Å²) in [5.74, 6) is -1.39. The van der Waals surface area contributed by atoms with Crippen molar-refractivity contribution in [2.24, 2.45) is 0 Å². The van der Waals surface area contributed by atoms with E-state index in [0.717, 1.165) is 0 Å². The molecule has 0 aromatic carbocycles. The number of carbonyl (C=O) groups is 1. The van der Waals surface area contributed by atoms with Gasteiger partial charge in [-0.2, -0.15) is 0 Å². The second kappa shape index (κ2) is 3.64. The third-order valence-corrected chi connectivity index (χ3v) is 1.50. The Morgan fingerprint density at radius 2 is 2.22 bits per heavy atom. The molecular weight excluding hydrogens is 143 g/mol.